The Hall–Kier alpha value is -1.51. The van der Waals surface area contributed by atoms with Crippen molar-refractivity contribution in [2.24, 2.45) is 17.8 Å². The summed E-state index contributed by atoms with van der Waals surface area (Å²) in [7, 11) is 0. The molecule has 1 amide bonds. The van der Waals surface area contributed by atoms with Crippen LogP contribution < -0.4 is 0 Å². The highest BCUT2D eigenvalue weighted by atomic mass is 16.3. The fourth-order valence-corrected chi connectivity index (χ4v) is 3.31. The van der Waals surface area contributed by atoms with Crippen LogP contribution in [0.4, 0.5) is 0 Å². The summed E-state index contributed by atoms with van der Waals surface area (Å²) in [5.74, 6) is 2.64. The van der Waals surface area contributed by atoms with Gasteiger partial charge in [0.05, 0.1) is 12.8 Å². The summed E-state index contributed by atoms with van der Waals surface area (Å²) in [5, 5.41) is 0. The normalized spacial score (nSPS) is 26.2. The molecule has 1 heterocycles. The van der Waals surface area contributed by atoms with Crippen molar-refractivity contribution < 1.29 is 9.21 Å². The molecule has 0 fully saturated rings. The first-order chi connectivity index (χ1) is 9.47. The molecule has 3 nitrogen and oxygen atoms in total. The number of rotatable bonds is 4. The number of allylic oxidation sites excluding steroid dienone is 2. The van der Waals surface area contributed by atoms with E-state index in [-0.39, 0.29) is 5.91 Å². The lowest BCUT2D eigenvalue weighted by Gasteiger charge is -2.36. The van der Waals surface area contributed by atoms with Gasteiger partial charge in [0.25, 0.3) is 0 Å². The molecule has 0 N–H and O–H groups in total. The minimum Gasteiger partial charge on any atom is -0.467 e. The second-order valence-corrected chi connectivity index (χ2v) is 6.20. The molecule has 0 aromatic carbocycles. The zero-order valence-corrected chi connectivity index (χ0v) is 12.9. The van der Waals surface area contributed by atoms with Crippen LogP contribution >= 0.6 is 0 Å². The first-order valence-electron chi connectivity index (χ1n) is 7.42. The van der Waals surface area contributed by atoms with Gasteiger partial charge in [0.2, 0.25) is 5.91 Å². The van der Waals surface area contributed by atoms with E-state index >= 15 is 0 Å². The molecule has 1 aliphatic rings. The monoisotopic (exact) mass is 275 g/mol. The van der Waals surface area contributed by atoms with E-state index in [9.17, 15) is 4.79 Å². The third-order valence-electron chi connectivity index (χ3n) is 4.40. The van der Waals surface area contributed by atoms with Crippen molar-refractivity contribution in [2.45, 2.75) is 40.7 Å². The molecule has 0 bridgehead atoms. The Labute approximate surface area is 121 Å². The van der Waals surface area contributed by atoms with E-state index in [1.807, 2.05) is 17.0 Å². The third kappa shape index (κ3) is 3.53. The molecule has 3 heteroatoms. The van der Waals surface area contributed by atoms with E-state index in [0.29, 0.717) is 24.3 Å². The van der Waals surface area contributed by atoms with Crippen molar-refractivity contribution in [3.05, 3.63) is 35.8 Å². The Morgan fingerprint density at radius 1 is 1.45 bits per heavy atom. The molecule has 0 unspecified atom stereocenters. The topological polar surface area (TPSA) is 33.5 Å². The molecule has 1 aliphatic carbocycles. The summed E-state index contributed by atoms with van der Waals surface area (Å²) < 4.78 is 5.37. The smallest absolute Gasteiger partial charge is 0.219 e. The predicted octanol–water partition coefficient (Wildman–Crippen LogP) is 3.87. The Balaban J connectivity index is 2.06. The third-order valence-corrected chi connectivity index (χ3v) is 4.40. The number of nitrogens with zero attached hydrogens (tertiary/aromatic N) is 1. The predicted molar refractivity (Wildman–Crippen MR) is 80.0 cm³/mol. The Morgan fingerprint density at radius 3 is 2.75 bits per heavy atom. The van der Waals surface area contributed by atoms with Gasteiger partial charge in [-0.1, -0.05) is 25.5 Å². The summed E-state index contributed by atoms with van der Waals surface area (Å²) in [6, 6.07) is 3.79. The van der Waals surface area contributed by atoms with Crippen molar-refractivity contribution >= 4 is 5.91 Å². The van der Waals surface area contributed by atoms with E-state index in [4.69, 9.17) is 4.42 Å². The van der Waals surface area contributed by atoms with Gasteiger partial charge >= 0.3 is 0 Å². The Bertz CT molecular complexity index is 475. The van der Waals surface area contributed by atoms with Crippen LogP contribution in [0.1, 0.15) is 39.9 Å². The molecule has 0 spiro atoms. The summed E-state index contributed by atoms with van der Waals surface area (Å²) >= 11 is 0. The molecule has 20 heavy (non-hydrogen) atoms. The highest BCUT2D eigenvalue weighted by molar-refractivity contribution is 5.73. The van der Waals surface area contributed by atoms with Crippen LogP contribution in [-0.4, -0.2) is 17.4 Å². The SMILES string of the molecule is CC(=O)N(Cc1ccco1)C[C@H]1[C@H](C)C=C(C)C[C@@H]1C. The summed E-state index contributed by atoms with van der Waals surface area (Å²) in [6.45, 7) is 9.78. The van der Waals surface area contributed by atoms with Gasteiger partial charge in [0.15, 0.2) is 0 Å². The van der Waals surface area contributed by atoms with Gasteiger partial charge in [-0.05, 0) is 43.2 Å². The van der Waals surface area contributed by atoms with Crippen LogP contribution in [0, 0.1) is 17.8 Å². The van der Waals surface area contributed by atoms with Crippen molar-refractivity contribution in [3.63, 3.8) is 0 Å². The van der Waals surface area contributed by atoms with E-state index < -0.39 is 0 Å². The zero-order valence-electron chi connectivity index (χ0n) is 12.9. The first-order valence-corrected chi connectivity index (χ1v) is 7.42. The molecular formula is C17H25NO2. The fourth-order valence-electron chi connectivity index (χ4n) is 3.31. The molecule has 1 aromatic rings. The van der Waals surface area contributed by atoms with Gasteiger partial charge in [-0.15, -0.1) is 0 Å². The minimum absolute atomic E-state index is 0.118. The molecule has 3 atom stereocenters. The average molecular weight is 275 g/mol. The van der Waals surface area contributed by atoms with E-state index in [1.165, 1.54) is 5.57 Å². The molecule has 0 radical (unpaired) electrons. The Morgan fingerprint density at radius 2 is 2.20 bits per heavy atom. The maximum Gasteiger partial charge on any atom is 0.219 e. The maximum atomic E-state index is 11.9. The maximum absolute atomic E-state index is 11.9. The number of hydrogen-bond acceptors (Lipinski definition) is 2. The minimum atomic E-state index is 0.118. The molecular weight excluding hydrogens is 250 g/mol. The highest BCUT2D eigenvalue weighted by Crippen LogP contribution is 2.34. The van der Waals surface area contributed by atoms with Crippen LogP contribution in [0.5, 0.6) is 0 Å². The lowest BCUT2D eigenvalue weighted by molar-refractivity contribution is -0.130. The van der Waals surface area contributed by atoms with Gasteiger partial charge in [0.1, 0.15) is 5.76 Å². The lowest BCUT2D eigenvalue weighted by Crippen LogP contribution is -2.38. The van der Waals surface area contributed by atoms with Gasteiger partial charge in [-0.3, -0.25) is 4.79 Å². The number of carbonyl (C=O) groups is 1. The van der Waals surface area contributed by atoms with Crippen molar-refractivity contribution in [1.29, 1.82) is 0 Å². The standard InChI is InChI=1S/C17H25NO2/c1-12-8-13(2)17(14(3)9-12)11-18(15(4)19)10-16-6-5-7-20-16/h5-8,13-14,17H,9-11H2,1-4H3/t13-,14+,17+/m1/s1. The molecule has 2 rings (SSSR count). The van der Waals surface area contributed by atoms with Crippen LogP contribution in [0.25, 0.3) is 0 Å². The summed E-state index contributed by atoms with van der Waals surface area (Å²) in [6.07, 6.45) is 5.16. The second kappa shape index (κ2) is 6.29. The molecule has 0 saturated carbocycles. The van der Waals surface area contributed by atoms with Crippen LogP contribution in [-0.2, 0) is 11.3 Å². The fraction of sp³-hybridized carbons (Fsp3) is 0.588. The van der Waals surface area contributed by atoms with Crippen molar-refractivity contribution in [3.8, 4) is 0 Å². The average Bonchev–Trinajstić information content (AvgIpc) is 2.84. The van der Waals surface area contributed by atoms with Gasteiger partial charge in [0, 0.05) is 13.5 Å². The van der Waals surface area contributed by atoms with Crippen molar-refractivity contribution in [1.82, 2.24) is 4.90 Å². The quantitative estimate of drug-likeness (QED) is 0.782. The van der Waals surface area contributed by atoms with Crippen LogP contribution in [0.3, 0.4) is 0 Å². The molecule has 110 valence electrons. The first kappa shape index (κ1) is 14.9. The summed E-state index contributed by atoms with van der Waals surface area (Å²) in [5.41, 5.74) is 1.47. The zero-order chi connectivity index (χ0) is 14.7. The van der Waals surface area contributed by atoms with E-state index in [2.05, 4.69) is 26.8 Å². The van der Waals surface area contributed by atoms with Crippen LogP contribution in [0.15, 0.2) is 34.5 Å². The van der Waals surface area contributed by atoms with E-state index in [1.54, 1.807) is 13.2 Å². The highest BCUT2D eigenvalue weighted by Gasteiger charge is 2.29. The van der Waals surface area contributed by atoms with Gasteiger partial charge < -0.3 is 9.32 Å². The number of amides is 1. The van der Waals surface area contributed by atoms with E-state index in [0.717, 1.165) is 18.7 Å². The summed E-state index contributed by atoms with van der Waals surface area (Å²) in [4.78, 5) is 13.8. The van der Waals surface area contributed by atoms with Crippen molar-refractivity contribution in [2.75, 3.05) is 6.54 Å². The Kier molecular flexibility index (Phi) is 4.69. The molecule has 1 aromatic heterocycles. The largest absolute Gasteiger partial charge is 0.467 e. The van der Waals surface area contributed by atoms with Gasteiger partial charge in [-0.25, -0.2) is 0 Å². The molecule has 0 aliphatic heterocycles. The number of carbonyl (C=O) groups excluding carboxylic acids is 1. The molecule has 0 saturated heterocycles. The second-order valence-electron chi connectivity index (χ2n) is 6.20. The lowest BCUT2D eigenvalue weighted by atomic mass is 9.75. The number of hydrogen-bond donors (Lipinski definition) is 0. The van der Waals surface area contributed by atoms with Crippen LogP contribution in [0.2, 0.25) is 0 Å². The number of furan rings is 1. The van der Waals surface area contributed by atoms with Gasteiger partial charge in [-0.2, -0.15) is 0 Å².